The average Bonchev–Trinajstić information content (AvgIpc) is 2.77. The quantitative estimate of drug-likeness (QED) is 0.495. The normalized spacial score (nSPS) is 12.2. The van der Waals surface area contributed by atoms with Gasteiger partial charge in [-0.25, -0.2) is 8.42 Å². The van der Waals surface area contributed by atoms with Gasteiger partial charge in [0.15, 0.2) is 0 Å². The summed E-state index contributed by atoms with van der Waals surface area (Å²) < 4.78 is 32.0. The molecule has 0 aliphatic heterocycles. The number of carbonyl (C=O) groups excluding carboxylic acids is 2. The predicted octanol–water partition coefficient (Wildman–Crippen LogP) is 2.84. The van der Waals surface area contributed by atoms with E-state index in [1.54, 1.807) is 38.1 Å². The number of hydrogen-bond acceptors (Lipinski definition) is 5. The van der Waals surface area contributed by atoms with E-state index in [0.29, 0.717) is 18.8 Å². The minimum Gasteiger partial charge on any atom is -0.492 e. The van der Waals surface area contributed by atoms with Gasteiger partial charge in [-0.1, -0.05) is 42.5 Å². The molecular weight excluding hydrogens is 454 g/mol. The van der Waals surface area contributed by atoms with Gasteiger partial charge in [0, 0.05) is 12.6 Å². The van der Waals surface area contributed by atoms with Crippen LogP contribution in [0.15, 0.2) is 54.6 Å². The zero-order valence-electron chi connectivity index (χ0n) is 20.5. The Labute approximate surface area is 202 Å². The lowest BCUT2D eigenvalue weighted by atomic mass is 10.1. The van der Waals surface area contributed by atoms with Gasteiger partial charge in [0.25, 0.3) is 0 Å². The van der Waals surface area contributed by atoms with Gasteiger partial charge in [-0.2, -0.15) is 0 Å². The molecular formula is C25H35N3O5S. The summed E-state index contributed by atoms with van der Waals surface area (Å²) in [5, 5.41) is 2.83. The highest BCUT2D eigenvalue weighted by Crippen LogP contribution is 2.30. The van der Waals surface area contributed by atoms with E-state index in [4.69, 9.17) is 4.74 Å². The summed E-state index contributed by atoms with van der Waals surface area (Å²) in [6.07, 6.45) is 1.58. The average molecular weight is 490 g/mol. The number of nitrogens with one attached hydrogen (secondary N) is 1. The molecule has 0 saturated heterocycles. The largest absolute Gasteiger partial charge is 0.492 e. The molecule has 0 radical (unpaired) electrons. The van der Waals surface area contributed by atoms with Crippen LogP contribution in [0.1, 0.15) is 33.3 Å². The summed E-state index contributed by atoms with van der Waals surface area (Å²) in [4.78, 5) is 27.7. The molecule has 186 valence electrons. The molecule has 0 saturated carbocycles. The Kier molecular flexibility index (Phi) is 9.92. The molecule has 0 fully saturated rings. The van der Waals surface area contributed by atoms with E-state index in [9.17, 15) is 18.0 Å². The van der Waals surface area contributed by atoms with E-state index < -0.39 is 28.5 Å². The van der Waals surface area contributed by atoms with Gasteiger partial charge < -0.3 is 15.0 Å². The molecule has 8 nitrogen and oxygen atoms in total. The van der Waals surface area contributed by atoms with Crippen molar-refractivity contribution in [2.75, 3.05) is 30.3 Å². The second-order valence-electron chi connectivity index (χ2n) is 8.33. The van der Waals surface area contributed by atoms with Gasteiger partial charge in [-0.3, -0.25) is 13.9 Å². The molecule has 9 heteroatoms. The van der Waals surface area contributed by atoms with Crippen LogP contribution in [0.3, 0.4) is 0 Å². The number of ether oxygens (including phenoxy) is 1. The third-order valence-corrected chi connectivity index (χ3v) is 6.32. The molecule has 2 amide bonds. The number of para-hydroxylation sites is 2. The van der Waals surface area contributed by atoms with Gasteiger partial charge in [-0.15, -0.1) is 0 Å². The molecule has 0 aliphatic carbocycles. The standard InChI is InChI=1S/C25H35N3O5S/c1-6-33-23-15-11-10-14-22(23)28(34(5,31)32)18-24(29)27(20(4)25(30)26-19(2)3)17-16-21-12-8-7-9-13-21/h7-15,19-20H,6,16-18H2,1-5H3,(H,26,30). The van der Waals surface area contributed by atoms with E-state index >= 15 is 0 Å². The Morgan fingerprint density at radius 3 is 2.21 bits per heavy atom. The maximum Gasteiger partial charge on any atom is 0.244 e. The van der Waals surface area contributed by atoms with Crippen molar-refractivity contribution >= 4 is 27.5 Å². The molecule has 2 aromatic carbocycles. The van der Waals surface area contributed by atoms with Crippen molar-refractivity contribution in [2.24, 2.45) is 0 Å². The molecule has 2 aromatic rings. The number of benzene rings is 2. The van der Waals surface area contributed by atoms with Crippen LogP contribution < -0.4 is 14.4 Å². The smallest absolute Gasteiger partial charge is 0.244 e. The second-order valence-corrected chi connectivity index (χ2v) is 10.2. The maximum absolute atomic E-state index is 13.5. The number of sulfonamides is 1. The highest BCUT2D eigenvalue weighted by molar-refractivity contribution is 7.92. The van der Waals surface area contributed by atoms with Gasteiger partial charge >= 0.3 is 0 Å². The highest BCUT2D eigenvalue weighted by Gasteiger charge is 2.31. The third kappa shape index (κ3) is 7.76. The van der Waals surface area contributed by atoms with Crippen LogP contribution in [0.25, 0.3) is 0 Å². The molecule has 0 spiro atoms. The predicted molar refractivity (Wildman–Crippen MR) is 134 cm³/mol. The summed E-state index contributed by atoms with van der Waals surface area (Å²) in [6, 6.07) is 15.4. The summed E-state index contributed by atoms with van der Waals surface area (Å²) in [7, 11) is -3.81. The molecule has 0 heterocycles. The van der Waals surface area contributed by atoms with Gasteiger partial charge in [0.2, 0.25) is 21.8 Å². The monoisotopic (exact) mass is 489 g/mol. The first-order valence-corrected chi connectivity index (χ1v) is 13.2. The molecule has 1 unspecified atom stereocenters. The van der Waals surface area contributed by atoms with E-state index in [1.807, 2.05) is 44.2 Å². The number of hydrogen-bond donors (Lipinski definition) is 1. The maximum atomic E-state index is 13.5. The van der Waals surface area contributed by atoms with Crippen molar-refractivity contribution < 1.29 is 22.7 Å². The highest BCUT2D eigenvalue weighted by atomic mass is 32.2. The Morgan fingerprint density at radius 1 is 1.00 bits per heavy atom. The van der Waals surface area contributed by atoms with Crippen molar-refractivity contribution in [3.63, 3.8) is 0 Å². The summed E-state index contributed by atoms with van der Waals surface area (Å²) in [5.41, 5.74) is 1.29. The van der Waals surface area contributed by atoms with Crippen LogP contribution in [0.2, 0.25) is 0 Å². The van der Waals surface area contributed by atoms with Gasteiger partial charge in [0.05, 0.1) is 18.6 Å². The van der Waals surface area contributed by atoms with Crippen molar-refractivity contribution in [1.29, 1.82) is 0 Å². The summed E-state index contributed by atoms with van der Waals surface area (Å²) >= 11 is 0. The number of carbonyl (C=O) groups is 2. The fourth-order valence-corrected chi connectivity index (χ4v) is 4.36. The first-order valence-electron chi connectivity index (χ1n) is 11.4. The number of amides is 2. The van der Waals surface area contributed by atoms with Crippen LogP contribution in [0.5, 0.6) is 5.75 Å². The fourth-order valence-electron chi connectivity index (χ4n) is 3.51. The summed E-state index contributed by atoms with van der Waals surface area (Å²) in [5.74, 6) is -0.402. The minimum absolute atomic E-state index is 0.0911. The Hall–Kier alpha value is -3.07. The van der Waals surface area contributed by atoms with Crippen molar-refractivity contribution in [3.05, 3.63) is 60.2 Å². The third-order valence-electron chi connectivity index (χ3n) is 5.20. The molecule has 34 heavy (non-hydrogen) atoms. The topological polar surface area (TPSA) is 96.0 Å². The number of nitrogens with zero attached hydrogens (tertiary/aromatic N) is 2. The zero-order chi connectivity index (χ0) is 25.3. The summed E-state index contributed by atoms with van der Waals surface area (Å²) in [6.45, 7) is 7.30. The van der Waals surface area contributed by atoms with Crippen molar-refractivity contribution in [3.8, 4) is 5.75 Å². The molecule has 0 aromatic heterocycles. The molecule has 2 rings (SSSR count). The first-order chi connectivity index (χ1) is 16.0. The Morgan fingerprint density at radius 2 is 1.62 bits per heavy atom. The van der Waals surface area contributed by atoms with Crippen LogP contribution in [0, 0.1) is 0 Å². The zero-order valence-corrected chi connectivity index (χ0v) is 21.3. The molecule has 0 aliphatic rings. The van der Waals surface area contributed by atoms with Crippen LogP contribution in [-0.2, 0) is 26.0 Å². The molecule has 1 N–H and O–H groups in total. The lowest BCUT2D eigenvalue weighted by Gasteiger charge is -2.32. The van der Waals surface area contributed by atoms with Crippen LogP contribution >= 0.6 is 0 Å². The molecule has 1 atom stereocenters. The van der Waals surface area contributed by atoms with Crippen LogP contribution in [-0.4, -0.2) is 63.2 Å². The SMILES string of the molecule is CCOc1ccccc1N(CC(=O)N(CCc1ccccc1)C(C)C(=O)NC(C)C)S(C)(=O)=O. The van der Waals surface area contributed by atoms with E-state index in [-0.39, 0.29) is 24.2 Å². The van der Waals surface area contributed by atoms with Crippen molar-refractivity contribution in [1.82, 2.24) is 10.2 Å². The van der Waals surface area contributed by atoms with E-state index in [1.165, 1.54) is 4.90 Å². The van der Waals surface area contributed by atoms with E-state index in [0.717, 1.165) is 16.1 Å². The first kappa shape index (κ1) is 27.2. The van der Waals surface area contributed by atoms with Gasteiger partial charge in [-0.05, 0) is 51.8 Å². The van der Waals surface area contributed by atoms with Crippen LogP contribution in [0.4, 0.5) is 5.69 Å². The van der Waals surface area contributed by atoms with Crippen molar-refractivity contribution in [2.45, 2.75) is 46.2 Å². The second kappa shape index (κ2) is 12.4. The lowest BCUT2D eigenvalue weighted by molar-refractivity contribution is -0.139. The number of rotatable bonds is 12. The fraction of sp³-hybridized carbons (Fsp3) is 0.440. The lowest BCUT2D eigenvalue weighted by Crippen LogP contribution is -2.53. The molecule has 0 bridgehead atoms. The Bertz CT molecular complexity index is 1060. The number of anilines is 1. The van der Waals surface area contributed by atoms with Gasteiger partial charge in [0.1, 0.15) is 18.3 Å². The Balaban J connectivity index is 2.36. The minimum atomic E-state index is -3.81. The van der Waals surface area contributed by atoms with E-state index in [2.05, 4.69) is 5.32 Å².